The number of rotatable bonds is 8. The number of aromatic nitrogens is 2. The van der Waals surface area contributed by atoms with Gasteiger partial charge in [-0.2, -0.15) is 5.10 Å². The molecule has 2 rings (SSSR count). The van der Waals surface area contributed by atoms with Gasteiger partial charge in [-0.05, 0) is 19.3 Å². The minimum atomic E-state index is -4.00. The van der Waals surface area contributed by atoms with E-state index in [0.717, 1.165) is 38.5 Å². The van der Waals surface area contributed by atoms with Gasteiger partial charge < -0.3 is 4.74 Å². The Morgan fingerprint density at radius 2 is 2.10 bits per heavy atom. The fourth-order valence-electron chi connectivity index (χ4n) is 2.18. The van der Waals surface area contributed by atoms with Crippen LogP contribution < -0.4 is 5.14 Å². The van der Waals surface area contributed by atoms with Gasteiger partial charge in [-0.15, -0.1) is 0 Å². The lowest BCUT2D eigenvalue weighted by Gasteiger charge is -2.04. The summed E-state index contributed by atoms with van der Waals surface area (Å²) < 4.78 is 28.5. The molecule has 0 aliphatic heterocycles. The van der Waals surface area contributed by atoms with Gasteiger partial charge in [-0.25, -0.2) is 18.4 Å². The first-order valence-electron chi connectivity index (χ1n) is 7.23. The van der Waals surface area contributed by atoms with Crippen LogP contribution >= 0.6 is 0 Å². The number of hydrogen-bond donors (Lipinski definition) is 2. The smallest absolute Gasteiger partial charge is 0.360 e. The Balaban J connectivity index is 2.07. The van der Waals surface area contributed by atoms with Gasteiger partial charge in [0.25, 0.3) is 0 Å². The molecule has 0 radical (unpaired) electrons. The SMILES string of the molecule is CCCCCCOC(=O)c1n[nH]c(C2CC2)c1S(N)(=O)=O. The zero-order valence-corrected chi connectivity index (χ0v) is 12.9. The van der Waals surface area contributed by atoms with Crippen LogP contribution in [-0.4, -0.2) is 31.2 Å². The van der Waals surface area contributed by atoms with Gasteiger partial charge in [0, 0.05) is 5.92 Å². The molecule has 1 fully saturated rings. The Kier molecular flexibility index (Phi) is 5.00. The van der Waals surface area contributed by atoms with Crippen molar-refractivity contribution in [1.82, 2.24) is 10.2 Å². The second kappa shape index (κ2) is 6.57. The molecule has 21 heavy (non-hydrogen) atoms. The number of carbonyl (C=O) groups is 1. The molecular weight excluding hydrogens is 294 g/mol. The Bertz CT molecular complexity index is 605. The van der Waals surface area contributed by atoms with Gasteiger partial charge in [0.15, 0.2) is 5.69 Å². The van der Waals surface area contributed by atoms with Gasteiger partial charge >= 0.3 is 5.97 Å². The maximum absolute atomic E-state index is 12.0. The number of nitrogens with zero attached hydrogens (tertiary/aromatic N) is 1. The summed E-state index contributed by atoms with van der Waals surface area (Å²) >= 11 is 0. The van der Waals surface area contributed by atoms with E-state index in [1.807, 2.05) is 0 Å². The first kappa shape index (κ1) is 16.0. The molecule has 1 aliphatic rings. The van der Waals surface area contributed by atoms with Crippen LogP contribution in [-0.2, 0) is 14.8 Å². The first-order chi connectivity index (χ1) is 9.95. The highest BCUT2D eigenvalue weighted by atomic mass is 32.2. The Hall–Kier alpha value is -1.41. The maximum Gasteiger partial charge on any atom is 0.360 e. The van der Waals surface area contributed by atoms with Crippen molar-refractivity contribution in [2.45, 2.75) is 56.3 Å². The largest absolute Gasteiger partial charge is 0.461 e. The third-order valence-corrected chi connectivity index (χ3v) is 4.42. The van der Waals surface area contributed by atoms with Crippen molar-refractivity contribution < 1.29 is 17.9 Å². The second-order valence-electron chi connectivity index (χ2n) is 5.33. The summed E-state index contributed by atoms with van der Waals surface area (Å²) in [4.78, 5) is 11.8. The van der Waals surface area contributed by atoms with Gasteiger partial charge in [-0.3, -0.25) is 5.10 Å². The fourth-order valence-corrected chi connectivity index (χ4v) is 3.10. The molecule has 0 unspecified atom stereocenters. The molecule has 1 aliphatic carbocycles. The first-order valence-corrected chi connectivity index (χ1v) is 8.78. The lowest BCUT2D eigenvalue weighted by atomic mass is 10.2. The highest BCUT2D eigenvalue weighted by Gasteiger charge is 2.36. The zero-order valence-electron chi connectivity index (χ0n) is 12.1. The van der Waals surface area contributed by atoms with Gasteiger partial charge in [0.05, 0.1) is 12.3 Å². The van der Waals surface area contributed by atoms with Crippen LogP contribution in [0.1, 0.15) is 67.5 Å². The number of nitrogens with two attached hydrogens (primary N) is 1. The zero-order chi connectivity index (χ0) is 15.5. The van der Waals surface area contributed by atoms with E-state index < -0.39 is 16.0 Å². The highest BCUT2D eigenvalue weighted by Crippen LogP contribution is 2.42. The molecule has 8 heteroatoms. The molecule has 1 saturated carbocycles. The summed E-state index contributed by atoms with van der Waals surface area (Å²) in [6, 6.07) is 0. The van der Waals surface area contributed by atoms with Gasteiger partial charge in [-0.1, -0.05) is 26.2 Å². The van der Waals surface area contributed by atoms with Crippen molar-refractivity contribution in [3.8, 4) is 0 Å². The van der Waals surface area contributed by atoms with Crippen molar-refractivity contribution >= 4 is 16.0 Å². The van der Waals surface area contributed by atoms with Crippen LogP contribution in [0.3, 0.4) is 0 Å². The van der Waals surface area contributed by atoms with Crippen molar-refractivity contribution in [2.75, 3.05) is 6.61 Å². The maximum atomic E-state index is 12.0. The normalized spacial score (nSPS) is 15.1. The van der Waals surface area contributed by atoms with Crippen LogP contribution in [0.4, 0.5) is 0 Å². The summed E-state index contributed by atoms with van der Waals surface area (Å²) in [7, 11) is -4.00. The minimum absolute atomic E-state index is 0.0944. The molecule has 0 atom stereocenters. The average molecular weight is 315 g/mol. The number of ether oxygens (including phenoxy) is 1. The number of nitrogens with one attached hydrogen (secondary N) is 1. The van der Waals surface area contributed by atoms with E-state index in [9.17, 15) is 13.2 Å². The summed E-state index contributed by atoms with van der Waals surface area (Å²) in [6.07, 6.45) is 5.64. The molecule has 0 spiro atoms. The molecule has 1 heterocycles. The van der Waals surface area contributed by atoms with E-state index in [0.29, 0.717) is 5.69 Å². The summed E-state index contributed by atoms with van der Waals surface area (Å²) in [5.74, 6) is -0.643. The predicted octanol–water partition coefficient (Wildman–Crippen LogP) is 1.67. The molecule has 118 valence electrons. The number of hydrogen-bond acceptors (Lipinski definition) is 5. The van der Waals surface area contributed by atoms with Crippen LogP contribution in [0.25, 0.3) is 0 Å². The lowest BCUT2D eigenvalue weighted by molar-refractivity contribution is 0.0486. The van der Waals surface area contributed by atoms with Gasteiger partial charge in [0.2, 0.25) is 10.0 Å². The number of unbranched alkanes of at least 4 members (excludes halogenated alkanes) is 3. The minimum Gasteiger partial charge on any atom is -0.461 e. The molecular formula is C13H21N3O4S. The third-order valence-electron chi connectivity index (χ3n) is 3.44. The summed E-state index contributed by atoms with van der Waals surface area (Å²) in [6.45, 7) is 2.35. The number of esters is 1. The Morgan fingerprint density at radius 3 is 2.67 bits per heavy atom. The summed E-state index contributed by atoms with van der Waals surface area (Å²) in [5.41, 5.74) is 0.199. The molecule has 1 aromatic rings. The van der Waals surface area contributed by atoms with Gasteiger partial charge in [0.1, 0.15) is 4.90 Å². The number of primary sulfonamides is 1. The van der Waals surface area contributed by atoms with Crippen LogP contribution in [0.15, 0.2) is 4.90 Å². The van der Waals surface area contributed by atoms with E-state index in [1.165, 1.54) is 0 Å². The van der Waals surface area contributed by atoms with E-state index >= 15 is 0 Å². The molecule has 0 bridgehead atoms. The number of aromatic amines is 1. The molecule has 0 amide bonds. The fraction of sp³-hybridized carbons (Fsp3) is 0.692. The molecule has 1 aromatic heterocycles. The van der Waals surface area contributed by atoms with Crippen LogP contribution in [0.2, 0.25) is 0 Å². The third kappa shape index (κ3) is 4.04. The van der Waals surface area contributed by atoms with E-state index in [4.69, 9.17) is 9.88 Å². The quantitative estimate of drug-likeness (QED) is 0.559. The predicted molar refractivity (Wildman–Crippen MR) is 76.4 cm³/mol. The number of sulfonamides is 1. The van der Waals surface area contributed by atoms with Crippen molar-refractivity contribution in [2.24, 2.45) is 5.14 Å². The molecule has 7 nitrogen and oxygen atoms in total. The van der Waals surface area contributed by atoms with Crippen molar-refractivity contribution in [1.29, 1.82) is 0 Å². The molecule has 0 saturated heterocycles. The Labute approximate surface area is 124 Å². The highest BCUT2D eigenvalue weighted by molar-refractivity contribution is 7.89. The lowest BCUT2D eigenvalue weighted by Crippen LogP contribution is -2.18. The van der Waals surface area contributed by atoms with E-state index in [1.54, 1.807) is 0 Å². The topological polar surface area (TPSA) is 115 Å². The van der Waals surface area contributed by atoms with Crippen LogP contribution in [0, 0.1) is 0 Å². The molecule has 3 N–H and O–H groups in total. The van der Waals surface area contributed by atoms with Crippen molar-refractivity contribution in [3.05, 3.63) is 11.4 Å². The monoisotopic (exact) mass is 315 g/mol. The van der Waals surface area contributed by atoms with Crippen molar-refractivity contribution in [3.63, 3.8) is 0 Å². The number of H-pyrrole nitrogens is 1. The standard InChI is InChI=1S/C13H21N3O4S/c1-2-3-4-5-8-20-13(17)11-12(21(14,18)19)10(15-16-11)9-6-7-9/h9H,2-8H2,1H3,(H,15,16)(H2,14,18,19). The van der Waals surface area contributed by atoms with E-state index in [2.05, 4.69) is 17.1 Å². The van der Waals surface area contributed by atoms with E-state index in [-0.39, 0.29) is 23.1 Å². The second-order valence-corrected chi connectivity index (χ2v) is 6.83. The average Bonchev–Trinajstić information content (AvgIpc) is 3.15. The summed E-state index contributed by atoms with van der Waals surface area (Å²) in [5, 5.41) is 11.6. The van der Waals surface area contributed by atoms with Crippen LogP contribution in [0.5, 0.6) is 0 Å². The number of carbonyl (C=O) groups excluding carboxylic acids is 1. The molecule has 0 aromatic carbocycles. The Morgan fingerprint density at radius 1 is 1.38 bits per heavy atom.